The molecule has 25 heavy (non-hydrogen) atoms. The molecule has 0 aliphatic rings. The van der Waals surface area contributed by atoms with E-state index in [1.807, 2.05) is 32.0 Å². The molecule has 0 spiro atoms. The summed E-state index contributed by atoms with van der Waals surface area (Å²) < 4.78 is 5.97. The monoisotopic (exact) mass is 342 g/mol. The van der Waals surface area contributed by atoms with Crippen LogP contribution in [0, 0.1) is 13.8 Å². The lowest BCUT2D eigenvalue weighted by molar-refractivity contribution is -0.136. The number of aliphatic hydroxyl groups is 1. The lowest BCUT2D eigenvalue weighted by Crippen LogP contribution is -2.42. The number of carbonyl (C=O) groups excluding carboxylic acids is 2. The zero-order chi connectivity index (χ0) is 18.4. The van der Waals surface area contributed by atoms with Gasteiger partial charge < -0.3 is 20.5 Å². The summed E-state index contributed by atoms with van der Waals surface area (Å²) in [6.45, 7) is 5.23. The second kappa shape index (κ2) is 8.30. The molecule has 1 atom stereocenters. The van der Waals surface area contributed by atoms with Crippen molar-refractivity contribution in [2.24, 2.45) is 0 Å². The predicted octanol–water partition coefficient (Wildman–Crippen LogP) is 2.53. The summed E-state index contributed by atoms with van der Waals surface area (Å²) in [6, 6.07) is 12.2. The topological polar surface area (TPSA) is 87.7 Å². The molecule has 0 aliphatic heterocycles. The zero-order valence-corrected chi connectivity index (χ0v) is 14.5. The molecule has 0 bridgehead atoms. The lowest BCUT2D eigenvalue weighted by Gasteiger charge is -2.16. The fourth-order valence-electron chi connectivity index (χ4n) is 2.24. The molecule has 0 radical (unpaired) electrons. The molecule has 2 rings (SSSR count). The van der Waals surface area contributed by atoms with Gasteiger partial charge in [0.05, 0.1) is 12.3 Å². The van der Waals surface area contributed by atoms with E-state index in [0.29, 0.717) is 17.2 Å². The predicted molar refractivity (Wildman–Crippen MR) is 95.8 cm³/mol. The molecule has 0 saturated carbocycles. The number of ether oxygens (including phenoxy) is 1. The maximum absolute atomic E-state index is 12.0. The van der Waals surface area contributed by atoms with Gasteiger partial charge in [0, 0.05) is 6.04 Å². The van der Waals surface area contributed by atoms with Crippen LogP contribution in [0.15, 0.2) is 42.5 Å². The van der Waals surface area contributed by atoms with Gasteiger partial charge >= 0.3 is 11.8 Å². The maximum Gasteiger partial charge on any atom is 0.313 e. The zero-order valence-electron chi connectivity index (χ0n) is 14.5. The highest BCUT2D eigenvalue weighted by Crippen LogP contribution is 2.33. The van der Waals surface area contributed by atoms with Crippen LogP contribution in [0.3, 0.4) is 0 Å². The van der Waals surface area contributed by atoms with Crippen molar-refractivity contribution < 1.29 is 19.4 Å². The Morgan fingerprint density at radius 2 is 1.68 bits per heavy atom. The van der Waals surface area contributed by atoms with Crippen LogP contribution in [0.4, 0.5) is 5.69 Å². The minimum absolute atomic E-state index is 0.245. The molecule has 3 N–H and O–H groups in total. The Hall–Kier alpha value is -2.86. The summed E-state index contributed by atoms with van der Waals surface area (Å²) in [6.07, 6.45) is 0. The lowest BCUT2D eigenvalue weighted by atomic mass is 10.1. The first-order chi connectivity index (χ1) is 11.9. The number of nitrogens with one attached hydrogen (secondary N) is 2. The van der Waals surface area contributed by atoms with Gasteiger partial charge in [-0.1, -0.05) is 30.3 Å². The average molecular weight is 342 g/mol. The second-order valence-corrected chi connectivity index (χ2v) is 5.83. The van der Waals surface area contributed by atoms with Crippen LogP contribution in [-0.2, 0) is 9.59 Å². The van der Waals surface area contributed by atoms with Gasteiger partial charge in [0.25, 0.3) is 0 Å². The highest BCUT2D eigenvalue weighted by atomic mass is 16.5. The van der Waals surface area contributed by atoms with E-state index in [1.165, 1.54) is 0 Å². The molecule has 0 fully saturated rings. The van der Waals surface area contributed by atoms with Gasteiger partial charge in [-0.2, -0.15) is 0 Å². The summed E-state index contributed by atoms with van der Waals surface area (Å²) >= 11 is 0. The third-order valence-electron chi connectivity index (χ3n) is 3.61. The van der Waals surface area contributed by atoms with Crippen LogP contribution in [0.25, 0.3) is 0 Å². The van der Waals surface area contributed by atoms with Crippen LogP contribution in [-0.4, -0.2) is 29.6 Å². The largest absolute Gasteiger partial charge is 0.455 e. The van der Waals surface area contributed by atoms with Gasteiger partial charge in [-0.25, -0.2) is 0 Å². The Morgan fingerprint density at radius 1 is 1.04 bits per heavy atom. The molecule has 6 heteroatoms. The molecule has 1 unspecified atom stereocenters. The fraction of sp³-hybridized carbons (Fsp3) is 0.263. The number of rotatable bonds is 5. The molecule has 2 aromatic rings. The van der Waals surface area contributed by atoms with Crippen LogP contribution >= 0.6 is 0 Å². The molecule has 2 amide bonds. The standard InChI is InChI=1S/C19H22N2O4/c1-12-7-6-8-13(2)17(12)25-16-10-5-4-9-15(16)21-19(24)18(23)20-14(3)11-22/h4-10,14,22H,11H2,1-3H3,(H,20,23)(H,21,24). The van der Waals surface area contributed by atoms with E-state index in [2.05, 4.69) is 10.6 Å². The van der Waals surface area contributed by atoms with Crippen molar-refractivity contribution in [3.63, 3.8) is 0 Å². The van der Waals surface area contributed by atoms with Crippen molar-refractivity contribution in [2.75, 3.05) is 11.9 Å². The highest BCUT2D eigenvalue weighted by molar-refractivity contribution is 6.39. The molecular weight excluding hydrogens is 320 g/mol. The van der Waals surface area contributed by atoms with E-state index in [1.54, 1.807) is 31.2 Å². The van der Waals surface area contributed by atoms with Gasteiger partial charge in [0.2, 0.25) is 0 Å². The van der Waals surface area contributed by atoms with E-state index in [9.17, 15) is 9.59 Å². The fourth-order valence-corrected chi connectivity index (χ4v) is 2.24. The van der Waals surface area contributed by atoms with Crippen molar-refractivity contribution in [3.05, 3.63) is 53.6 Å². The third kappa shape index (κ3) is 4.81. The van der Waals surface area contributed by atoms with Crippen molar-refractivity contribution in [3.8, 4) is 11.5 Å². The summed E-state index contributed by atoms with van der Waals surface area (Å²) in [5.74, 6) is -0.486. The van der Waals surface area contributed by atoms with Crippen molar-refractivity contribution in [1.29, 1.82) is 0 Å². The number of benzene rings is 2. The number of carbonyl (C=O) groups is 2. The highest BCUT2D eigenvalue weighted by Gasteiger charge is 2.18. The minimum Gasteiger partial charge on any atom is -0.455 e. The van der Waals surface area contributed by atoms with E-state index in [4.69, 9.17) is 9.84 Å². The van der Waals surface area contributed by atoms with Crippen LogP contribution in [0.2, 0.25) is 0 Å². The van der Waals surface area contributed by atoms with Crippen LogP contribution in [0.5, 0.6) is 11.5 Å². The SMILES string of the molecule is Cc1cccc(C)c1Oc1ccccc1NC(=O)C(=O)NC(C)CO. The number of aryl methyl sites for hydroxylation is 2. The quantitative estimate of drug-likeness (QED) is 0.729. The van der Waals surface area contributed by atoms with Gasteiger partial charge in [0.1, 0.15) is 5.75 Å². The first kappa shape index (κ1) is 18.5. The Kier molecular flexibility index (Phi) is 6.14. The number of aliphatic hydroxyl groups excluding tert-OH is 1. The summed E-state index contributed by atoms with van der Waals surface area (Å²) in [7, 11) is 0. The maximum atomic E-state index is 12.0. The molecule has 0 aromatic heterocycles. The molecular formula is C19H22N2O4. The molecule has 0 heterocycles. The van der Waals surface area contributed by atoms with Gasteiger partial charge in [0.15, 0.2) is 5.75 Å². The molecule has 0 saturated heterocycles. The van der Waals surface area contributed by atoms with E-state index in [-0.39, 0.29) is 6.61 Å². The Morgan fingerprint density at radius 3 is 2.32 bits per heavy atom. The smallest absolute Gasteiger partial charge is 0.313 e. The Labute approximate surface area is 146 Å². The van der Waals surface area contributed by atoms with Crippen LogP contribution in [0.1, 0.15) is 18.1 Å². The average Bonchev–Trinajstić information content (AvgIpc) is 2.59. The van der Waals surface area contributed by atoms with Crippen LogP contribution < -0.4 is 15.4 Å². The number of hydrogen-bond donors (Lipinski definition) is 3. The molecule has 6 nitrogen and oxygen atoms in total. The Bertz CT molecular complexity index is 754. The first-order valence-corrected chi connectivity index (χ1v) is 7.98. The van der Waals surface area contributed by atoms with E-state index in [0.717, 1.165) is 11.1 Å². The second-order valence-electron chi connectivity index (χ2n) is 5.83. The van der Waals surface area contributed by atoms with Crippen molar-refractivity contribution in [1.82, 2.24) is 5.32 Å². The third-order valence-corrected chi connectivity index (χ3v) is 3.61. The van der Waals surface area contributed by atoms with Gasteiger partial charge in [-0.15, -0.1) is 0 Å². The number of para-hydroxylation sites is 3. The van der Waals surface area contributed by atoms with Gasteiger partial charge in [-0.3, -0.25) is 9.59 Å². The van der Waals surface area contributed by atoms with E-state index >= 15 is 0 Å². The van der Waals surface area contributed by atoms with Gasteiger partial charge in [-0.05, 0) is 44.0 Å². The summed E-state index contributed by atoms with van der Waals surface area (Å²) in [5, 5.41) is 13.9. The normalized spacial score (nSPS) is 11.5. The number of hydrogen-bond acceptors (Lipinski definition) is 4. The summed E-state index contributed by atoms with van der Waals surface area (Å²) in [5.41, 5.74) is 2.33. The summed E-state index contributed by atoms with van der Waals surface area (Å²) in [4.78, 5) is 23.9. The first-order valence-electron chi connectivity index (χ1n) is 7.98. The Balaban J connectivity index is 2.18. The molecule has 2 aromatic carbocycles. The molecule has 0 aliphatic carbocycles. The molecule has 132 valence electrons. The van der Waals surface area contributed by atoms with E-state index < -0.39 is 17.9 Å². The number of amides is 2. The van der Waals surface area contributed by atoms with Crippen molar-refractivity contribution >= 4 is 17.5 Å². The minimum atomic E-state index is -0.821. The van der Waals surface area contributed by atoms with Crippen molar-refractivity contribution in [2.45, 2.75) is 26.8 Å². The number of anilines is 1.